The number of rotatable bonds is 7. The van der Waals surface area contributed by atoms with Crippen molar-refractivity contribution in [3.63, 3.8) is 0 Å². The standard InChI is InChI=1S/C14H18N2O5/c1-15-13(18)7-16(2)14(19)9-21-12-5-4-11(20-3)6-10(12)8-17/h4-6,8H,7,9H2,1-3H3,(H,15,18). The number of likely N-dealkylation sites (N-methyl/N-ethyl adjacent to an activating group) is 2. The Kier molecular flexibility index (Phi) is 6.19. The summed E-state index contributed by atoms with van der Waals surface area (Å²) in [5, 5.41) is 2.42. The molecule has 1 rings (SSSR count). The number of carbonyl (C=O) groups excluding carboxylic acids is 3. The number of carbonyl (C=O) groups is 3. The molecule has 0 aliphatic heterocycles. The highest BCUT2D eigenvalue weighted by atomic mass is 16.5. The summed E-state index contributed by atoms with van der Waals surface area (Å²) in [4.78, 5) is 35.2. The van der Waals surface area contributed by atoms with Crippen molar-refractivity contribution < 1.29 is 23.9 Å². The fourth-order valence-electron chi connectivity index (χ4n) is 1.51. The molecule has 0 bridgehead atoms. The molecule has 0 atom stereocenters. The zero-order valence-corrected chi connectivity index (χ0v) is 12.2. The Balaban J connectivity index is 2.64. The summed E-state index contributed by atoms with van der Waals surface area (Å²) in [7, 11) is 4.47. The molecule has 21 heavy (non-hydrogen) atoms. The third-order valence-electron chi connectivity index (χ3n) is 2.78. The van der Waals surface area contributed by atoms with Crippen molar-refractivity contribution in [2.75, 3.05) is 34.4 Å². The minimum Gasteiger partial charge on any atom is -0.497 e. The molecule has 0 spiro atoms. The van der Waals surface area contributed by atoms with Crippen molar-refractivity contribution >= 4 is 18.1 Å². The van der Waals surface area contributed by atoms with E-state index in [4.69, 9.17) is 9.47 Å². The quantitative estimate of drug-likeness (QED) is 0.720. The van der Waals surface area contributed by atoms with Gasteiger partial charge in [-0.25, -0.2) is 0 Å². The summed E-state index contributed by atoms with van der Waals surface area (Å²) in [6.45, 7) is -0.317. The minimum absolute atomic E-state index is 0.0537. The summed E-state index contributed by atoms with van der Waals surface area (Å²) in [6.07, 6.45) is 0.622. The largest absolute Gasteiger partial charge is 0.497 e. The van der Waals surface area contributed by atoms with Crippen molar-refractivity contribution in [1.29, 1.82) is 0 Å². The highest BCUT2D eigenvalue weighted by Crippen LogP contribution is 2.22. The first-order valence-electron chi connectivity index (χ1n) is 6.22. The van der Waals surface area contributed by atoms with Crippen LogP contribution in [-0.2, 0) is 9.59 Å². The lowest BCUT2D eigenvalue weighted by molar-refractivity contribution is -0.136. The number of methoxy groups -OCH3 is 1. The van der Waals surface area contributed by atoms with E-state index in [1.54, 1.807) is 12.1 Å². The Hall–Kier alpha value is -2.57. The number of nitrogens with zero attached hydrogens (tertiary/aromatic N) is 1. The van der Waals surface area contributed by atoms with Crippen LogP contribution in [0, 0.1) is 0 Å². The van der Waals surface area contributed by atoms with Gasteiger partial charge >= 0.3 is 0 Å². The summed E-state index contributed by atoms with van der Waals surface area (Å²) >= 11 is 0. The summed E-state index contributed by atoms with van der Waals surface area (Å²) in [5.74, 6) is 0.162. The SMILES string of the molecule is CNC(=O)CN(C)C(=O)COc1ccc(OC)cc1C=O. The number of nitrogens with one attached hydrogen (secondary N) is 1. The van der Waals surface area contributed by atoms with Crippen LogP contribution >= 0.6 is 0 Å². The molecule has 0 saturated carbocycles. The van der Waals surface area contributed by atoms with Gasteiger partial charge in [0.05, 0.1) is 19.2 Å². The van der Waals surface area contributed by atoms with Crippen molar-refractivity contribution in [1.82, 2.24) is 10.2 Å². The number of hydrogen-bond donors (Lipinski definition) is 1. The van der Waals surface area contributed by atoms with Gasteiger partial charge in [-0.2, -0.15) is 0 Å². The summed E-state index contributed by atoms with van der Waals surface area (Å²) in [5.41, 5.74) is 0.288. The molecule has 7 nitrogen and oxygen atoms in total. The van der Waals surface area contributed by atoms with Crippen molar-refractivity contribution in [2.24, 2.45) is 0 Å². The lowest BCUT2D eigenvalue weighted by Gasteiger charge is -2.17. The Morgan fingerprint density at radius 3 is 2.67 bits per heavy atom. The molecule has 0 heterocycles. The molecule has 0 unspecified atom stereocenters. The van der Waals surface area contributed by atoms with Crippen molar-refractivity contribution in [2.45, 2.75) is 0 Å². The molecule has 114 valence electrons. The lowest BCUT2D eigenvalue weighted by Crippen LogP contribution is -2.39. The predicted octanol–water partition coefficient (Wildman–Crippen LogP) is 0.0909. The number of amides is 2. The van der Waals surface area contributed by atoms with Crippen LogP contribution in [-0.4, -0.2) is 57.4 Å². The molecule has 0 aliphatic rings. The molecule has 1 aromatic carbocycles. The summed E-state index contributed by atoms with van der Waals surface area (Å²) < 4.78 is 10.3. The predicted molar refractivity (Wildman–Crippen MR) is 75.6 cm³/mol. The first-order valence-corrected chi connectivity index (χ1v) is 6.22. The van der Waals surface area contributed by atoms with Gasteiger partial charge in [0, 0.05) is 14.1 Å². The number of aldehydes is 1. The second kappa shape index (κ2) is 7.88. The van der Waals surface area contributed by atoms with Gasteiger partial charge in [0.1, 0.15) is 11.5 Å². The molecule has 0 saturated heterocycles. The normalized spacial score (nSPS) is 9.67. The third kappa shape index (κ3) is 4.79. The molecule has 2 amide bonds. The number of benzene rings is 1. The number of ether oxygens (including phenoxy) is 2. The molecule has 0 aromatic heterocycles. The Morgan fingerprint density at radius 2 is 2.10 bits per heavy atom. The molecule has 0 radical (unpaired) electrons. The monoisotopic (exact) mass is 294 g/mol. The minimum atomic E-state index is -0.369. The van der Waals surface area contributed by atoms with Crippen LogP contribution in [0.4, 0.5) is 0 Å². The van der Waals surface area contributed by atoms with Crippen LogP contribution < -0.4 is 14.8 Å². The average molecular weight is 294 g/mol. The van der Waals surface area contributed by atoms with Gasteiger partial charge in [0.15, 0.2) is 12.9 Å². The Bertz CT molecular complexity index is 530. The van der Waals surface area contributed by atoms with Crippen molar-refractivity contribution in [3.05, 3.63) is 23.8 Å². The van der Waals surface area contributed by atoms with Gasteiger partial charge in [0.2, 0.25) is 5.91 Å². The lowest BCUT2D eigenvalue weighted by atomic mass is 10.2. The fraction of sp³-hybridized carbons (Fsp3) is 0.357. The number of hydrogen-bond acceptors (Lipinski definition) is 5. The van der Waals surface area contributed by atoms with E-state index in [1.165, 1.54) is 32.2 Å². The molecular formula is C14H18N2O5. The van der Waals surface area contributed by atoms with E-state index in [0.717, 1.165) is 0 Å². The molecule has 7 heteroatoms. The zero-order chi connectivity index (χ0) is 15.8. The second-order valence-corrected chi connectivity index (χ2v) is 4.23. The van der Waals surface area contributed by atoms with Gasteiger partial charge in [-0.3, -0.25) is 14.4 Å². The highest BCUT2D eigenvalue weighted by Gasteiger charge is 2.14. The first kappa shape index (κ1) is 16.5. The smallest absolute Gasteiger partial charge is 0.260 e. The van der Waals surface area contributed by atoms with Gasteiger partial charge < -0.3 is 19.7 Å². The molecule has 0 fully saturated rings. The van der Waals surface area contributed by atoms with Crippen LogP contribution in [0.3, 0.4) is 0 Å². The van der Waals surface area contributed by atoms with Crippen LogP contribution in [0.15, 0.2) is 18.2 Å². The molecular weight excluding hydrogens is 276 g/mol. The zero-order valence-electron chi connectivity index (χ0n) is 12.2. The van der Waals surface area contributed by atoms with E-state index in [9.17, 15) is 14.4 Å². The first-order chi connectivity index (χ1) is 10.0. The maximum atomic E-state index is 11.8. The highest BCUT2D eigenvalue weighted by molar-refractivity contribution is 5.85. The van der Waals surface area contributed by atoms with Crippen LogP contribution in [0.25, 0.3) is 0 Å². The Morgan fingerprint density at radius 1 is 1.38 bits per heavy atom. The van der Waals surface area contributed by atoms with E-state index >= 15 is 0 Å². The van der Waals surface area contributed by atoms with Gasteiger partial charge in [-0.15, -0.1) is 0 Å². The third-order valence-corrected chi connectivity index (χ3v) is 2.78. The Labute approximate surface area is 122 Å². The topological polar surface area (TPSA) is 84.9 Å². The van der Waals surface area contributed by atoms with E-state index in [-0.39, 0.29) is 36.3 Å². The maximum absolute atomic E-state index is 11.8. The second-order valence-electron chi connectivity index (χ2n) is 4.23. The van der Waals surface area contributed by atoms with Gasteiger partial charge in [0.25, 0.3) is 5.91 Å². The van der Waals surface area contributed by atoms with E-state index in [1.807, 2.05) is 0 Å². The van der Waals surface area contributed by atoms with E-state index in [0.29, 0.717) is 12.0 Å². The van der Waals surface area contributed by atoms with Gasteiger partial charge in [-0.05, 0) is 18.2 Å². The van der Waals surface area contributed by atoms with Crippen LogP contribution in [0.1, 0.15) is 10.4 Å². The fourth-order valence-corrected chi connectivity index (χ4v) is 1.51. The van der Waals surface area contributed by atoms with E-state index < -0.39 is 0 Å². The molecule has 1 N–H and O–H groups in total. The molecule has 0 aliphatic carbocycles. The van der Waals surface area contributed by atoms with E-state index in [2.05, 4.69) is 5.32 Å². The summed E-state index contributed by atoms with van der Waals surface area (Å²) in [6, 6.07) is 4.69. The van der Waals surface area contributed by atoms with Gasteiger partial charge in [-0.1, -0.05) is 0 Å². The average Bonchev–Trinajstić information content (AvgIpc) is 2.51. The maximum Gasteiger partial charge on any atom is 0.260 e. The van der Waals surface area contributed by atoms with Crippen LogP contribution in [0.5, 0.6) is 11.5 Å². The molecule has 1 aromatic rings. The van der Waals surface area contributed by atoms with Crippen LogP contribution in [0.2, 0.25) is 0 Å². The van der Waals surface area contributed by atoms with Crippen molar-refractivity contribution in [3.8, 4) is 11.5 Å².